The van der Waals surface area contributed by atoms with Crippen molar-refractivity contribution in [1.82, 2.24) is 0 Å². The van der Waals surface area contributed by atoms with Crippen molar-refractivity contribution in [2.45, 2.75) is 0 Å². The van der Waals surface area contributed by atoms with E-state index in [0.29, 0.717) is 11.1 Å². The lowest BCUT2D eigenvalue weighted by Crippen LogP contribution is -2.40. The Morgan fingerprint density at radius 1 is 0.435 bits per heavy atom. The minimum Gasteiger partial charge on any atom is -0.872 e. The Morgan fingerprint density at radius 3 is 1.24 bits per heavy atom. The standard InChI is InChI=1S/C43H32NOP/c45-43-40(33-18-6-1-7-19-33)30-36(31-41(43)34-20-8-2-9-21-34)44-32-35-22-16-17-29-42(35)46(37-23-10-3-11-24-37,38-25-12-4-13-26-38)39-27-14-5-15-28-39/h1-32H. The highest BCUT2D eigenvalue weighted by molar-refractivity contribution is 8.01. The summed E-state index contributed by atoms with van der Waals surface area (Å²) >= 11 is 0. The summed E-state index contributed by atoms with van der Waals surface area (Å²) in [6.45, 7) is 0. The number of hydrogen-bond acceptors (Lipinski definition) is 2. The summed E-state index contributed by atoms with van der Waals surface area (Å²) in [5, 5.41) is 18.9. The predicted octanol–water partition coefficient (Wildman–Crippen LogP) is 8.46. The van der Waals surface area contributed by atoms with Gasteiger partial charge in [-0.2, -0.15) is 0 Å². The molecule has 0 fully saturated rings. The van der Waals surface area contributed by atoms with Crippen LogP contribution in [0.2, 0.25) is 0 Å². The smallest absolute Gasteiger partial charge is 0.145 e. The number of rotatable bonds is 8. The van der Waals surface area contributed by atoms with Gasteiger partial charge in [0.1, 0.15) is 28.5 Å². The first-order valence-corrected chi connectivity index (χ1v) is 17.2. The molecule has 0 N–H and O–H groups in total. The lowest BCUT2D eigenvalue weighted by Gasteiger charge is -2.28. The van der Waals surface area contributed by atoms with Crippen LogP contribution < -0.4 is 26.3 Å². The minimum absolute atomic E-state index is 0.000995. The summed E-state index contributed by atoms with van der Waals surface area (Å²) in [6.07, 6.45) is 1.97. The van der Waals surface area contributed by atoms with E-state index in [0.717, 1.165) is 22.4 Å². The maximum Gasteiger partial charge on any atom is 0.145 e. The molecule has 7 aromatic carbocycles. The molecule has 2 nitrogen and oxygen atoms in total. The summed E-state index contributed by atoms with van der Waals surface area (Å²) in [7, 11) is -2.33. The van der Waals surface area contributed by atoms with Gasteiger partial charge in [-0.15, -0.1) is 0 Å². The van der Waals surface area contributed by atoms with Crippen LogP contribution in [0.4, 0.5) is 5.69 Å². The van der Waals surface area contributed by atoms with Crippen molar-refractivity contribution < 1.29 is 5.11 Å². The Labute approximate surface area is 271 Å². The van der Waals surface area contributed by atoms with Crippen LogP contribution in [-0.4, -0.2) is 6.21 Å². The third kappa shape index (κ3) is 5.56. The van der Waals surface area contributed by atoms with Crippen molar-refractivity contribution in [2.75, 3.05) is 0 Å². The molecule has 46 heavy (non-hydrogen) atoms. The Bertz CT molecular complexity index is 1920. The number of benzene rings is 7. The average molecular weight is 610 g/mol. The molecular weight excluding hydrogens is 577 g/mol. The Kier molecular flexibility index (Phi) is 8.37. The molecule has 0 spiro atoms. The van der Waals surface area contributed by atoms with Crippen molar-refractivity contribution in [3.8, 4) is 28.0 Å². The van der Waals surface area contributed by atoms with Gasteiger partial charge in [-0.3, -0.25) is 4.99 Å². The van der Waals surface area contributed by atoms with Crippen molar-refractivity contribution in [1.29, 1.82) is 0 Å². The van der Waals surface area contributed by atoms with E-state index < -0.39 is 7.26 Å². The molecule has 3 heteroatoms. The van der Waals surface area contributed by atoms with Gasteiger partial charge in [0.05, 0.1) is 5.69 Å². The number of aliphatic imine (C=N–C) groups is 1. The molecule has 0 amide bonds. The van der Waals surface area contributed by atoms with Crippen LogP contribution >= 0.6 is 7.26 Å². The highest BCUT2D eigenvalue weighted by Gasteiger charge is 2.48. The van der Waals surface area contributed by atoms with E-state index in [1.807, 2.05) is 79.0 Å². The van der Waals surface area contributed by atoms with Crippen LogP contribution in [0.25, 0.3) is 22.3 Å². The normalized spacial score (nSPS) is 11.5. The zero-order valence-electron chi connectivity index (χ0n) is 25.3. The van der Waals surface area contributed by atoms with Gasteiger partial charge in [-0.1, -0.05) is 133 Å². The fraction of sp³-hybridized carbons (Fsp3) is 0. The van der Waals surface area contributed by atoms with E-state index in [4.69, 9.17) is 4.99 Å². The van der Waals surface area contributed by atoms with Gasteiger partial charge in [0, 0.05) is 11.8 Å². The second-order valence-electron chi connectivity index (χ2n) is 11.1. The summed E-state index contributed by atoms with van der Waals surface area (Å²) in [5.41, 5.74) is 4.81. The summed E-state index contributed by atoms with van der Waals surface area (Å²) in [6, 6.07) is 64.7. The number of nitrogens with zero attached hydrogens (tertiary/aromatic N) is 1. The molecule has 0 radical (unpaired) electrons. The molecule has 0 aliphatic carbocycles. The van der Waals surface area contributed by atoms with Crippen LogP contribution in [0.3, 0.4) is 0 Å². The summed E-state index contributed by atoms with van der Waals surface area (Å²) in [4.78, 5) is 5.10. The molecule has 0 bridgehead atoms. The van der Waals surface area contributed by atoms with Crippen LogP contribution in [0.5, 0.6) is 5.75 Å². The van der Waals surface area contributed by atoms with E-state index in [9.17, 15) is 5.11 Å². The second kappa shape index (κ2) is 13.2. The molecule has 0 saturated carbocycles. The lowest BCUT2D eigenvalue weighted by atomic mass is 9.96. The topological polar surface area (TPSA) is 35.4 Å². The van der Waals surface area contributed by atoms with Crippen molar-refractivity contribution in [2.24, 2.45) is 4.99 Å². The maximum absolute atomic E-state index is 13.8. The zero-order chi connectivity index (χ0) is 31.2. The fourth-order valence-corrected chi connectivity index (χ4v) is 10.6. The van der Waals surface area contributed by atoms with Gasteiger partial charge < -0.3 is 5.11 Å². The first kappa shape index (κ1) is 29.2. The molecule has 7 aromatic rings. The number of hydrogen-bond donors (Lipinski definition) is 0. The molecule has 0 heterocycles. The lowest BCUT2D eigenvalue weighted by molar-refractivity contribution is -0.266. The highest BCUT2D eigenvalue weighted by Crippen LogP contribution is 2.54. The van der Waals surface area contributed by atoms with Gasteiger partial charge in [-0.05, 0) is 82.9 Å². The SMILES string of the molecule is [O-]c1c(-c2ccccc2)cc(N=Cc2ccccc2[P+](c2ccccc2)(c2ccccc2)c2ccccc2)cc1-c1ccccc1. The van der Waals surface area contributed by atoms with Gasteiger partial charge in [0.2, 0.25) is 0 Å². The van der Waals surface area contributed by atoms with E-state index in [-0.39, 0.29) is 5.75 Å². The first-order chi connectivity index (χ1) is 22.7. The van der Waals surface area contributed by atoms with Gasteiger partial charge in [-0.25, -0.2) is 0 Å². The van der Waals surface area contributed by atoms with Gasteiger partial charge in [0.15, 0.2) is 0 Å². The Hall–Kier alpha value is -5.56. The molecule has 0 atom stereocenters. The molecule has 220 valence electrons. The van der Waals surface area contributed by atoms with Gasteiger partial charge in [0.25, 0.3) is 0 Å². The summed E-state index contributed by atoms with van der Waals surface area (Å²) in [5.74, 6) is -0.000995. The third-order valence-corrected chi connectivity index (χ3v) is 12.7. The van der Waals surface area contributed by atoms with Gasteiger partial charge >= 0.3 is 0 Å². The Balaban J connectivity index is 1.44. The minimum atomic E-state index is -2.33. The predicted molar refractivity (Wildman–Crippen MR) is 195 cm³/mol. The van der Waals surface area contributed by atoms with Crippen LogP contribution in [0.15, 0.2) is 193 Å². The van der Waals surface area contributed by atoms with Crippen LogP contribution in [0.1, 0.15) is 5.56 Å². The third-order valence-electron chi connectivity index (χ3n) is 8.32. The molecule has 0 aromatic heterocycles. The maximum atomic E-state index is 13.8. The molecule has 0 aliphatic rings. The molecule has 0 aliphatic heterocycles. The van der Waals surface area contributed by atoms with Crippen molar-refractivity contribution >= 4 is 40.4 Å². The first-order valence-electron chi connectivity index (χ1n) is 15.4. The highest BCUT2D eigenvalue weighted by atomic mass is 31.2. The van der Waals surface area contributed by atoms with E-state index >= 15 is 0 Å². The van der Waals surface area contributed by atoms with Crippen LogP contribution in [-0.2, 0) is 0 Å². The zero-order valence-corrected chi connectivity index (χ0v) is 26.2. The van der Waals surface area contributed by atoms with Crippen molar-refractivity contribution in [3.05, 3.63) is 194 Å². The molecular formula is C43H32NOP. The van der Waals surface area contributed by atoms with E-state index in [1.165, 1.54) is 21.2 Å². The largest absolute Gasteiger partial charge is 0.872 e. The quantitative estimate of drug-likeness (QED) is 0.126. The fourth-order valence-electron chi connectivity index (χ4n) is 6.22. The van der Waals surface area contributed by atoms with E-state index in [2.05, 4.69) is 115 Å². The molecule has 0 saturated heterocycles. The Morgan fingerprint density at radius 2 is 0.804 bits per heavy atom. The van der Waals surface area contributed by atoms with Crippen molar-refractivity contribution in [3.63, 3.8) is 0 Å². The van der Waals surface area contributed by atoms with E-state index in [1.54, 1.807) is 0 Å². The summed E-state index contributed by atoms with van der Waals surface area (Å²) < 4.78 is 0. The second-order valence-corrected chi connectivity index (χ2v) is 14.5. The molecule has 7 rings (SSSR count). The molecule has 0 unspecified atom stereocenters. The van der Waals surface area contributed by atoms with Crippen LogP contribution in [0, 0.1) is 0 Å². The average Bonchev–Trinajstić information content (AvgIpc) is 3.14. The monoisotopic (exact) mass is 609 g/mol.